The second-order valence-corrected chi connectivity index (χ2v) is 6.42. The monoisotopic (exact) mass is 284 g/mol. The first-order valence-corrected chi connectivity index (χ1v) is 6.81. The first kappa shape index (κ1) is 14.8. The maximum absolute atomic E-state index is 13.9. The van der Waals surface area contributed by atoms with E-state index < -0.39 is 18.3 Å². The molecule has 5 heteroatoms. The van der Waals surface area contributed by atoms with Crippen LogP contribution in [-0.4, -0.2) is 18.3 Å². The molecule has 1 heterocycles. The van der Waals surface area contributed by atoms with Crippen molar-refractivity contribution in [2.45, 2.75) is 52.1 Å². The van der Waals surface area contributed by atoms with Gasteiger partial charge < -0.3 is 9.31 Å². The highest BCUT2D eigenvalue weighted by atomic mass is 35.5. The van der Waals surface area contributed by atoms with Crippen LogP contribution in [0.2, 0.25) is 5.02 Å². The second kappa shape index (κ2) is 4.76. The van der Waals surface area contributed by atoms with Gasteiger partial charge in [0.25, 0.3) is 0 Å². The molecule has 0 amide bonds. The summed E-state index contributed by atoms with van der Waals surface area (Å²) in [4.78, 5) is 0. The first-order valence-electron chi connectivity index (χ1n) is 6.43. The molecule has 0 bridgehead atoms. The van der Waals surface area contributed by atoms with Crippen molar-refractivity contribution in [3.8, 4) is 0 Å². The predicted octanol–water partition coefficient (Wildman–Crippen LogP) is 3.96. The van der Waals surface area contributed by atoms with Gasteiger partial charge in [-0.2, -0.15) is 0 Å². The fourth-order valence-electron chi connectivity index (χ4n) is 2.12. The Labute approximate surface area is 119 Å². The summed E-state index contributed by atoms with van der Waals surface area (Å²) in [5.74, 6) is -0.315. The van der Waals surface area contributed by atoms with E-state index >= 15 is 0 Å². The average molecular weight is 285 g/mol. The molecule has 1 saturated heterocycles. The highest BCUT2D eigenvalue weighted by Gasteiger charge is 2.51. The topological polar surface area (TPSA) is 18.5 Å². The van der Waals surface area contributed by atoms with E-state index in [-0.39, 0.29) is 5.82 Å². The van der Waals surface area contributed by atoms with E-state index in [0.29, 0.717) is 16.9 Å². The number of hydrogen-bond donors (Lipinski definition) is 0. The summed E-state index contributed by atoms with van der Waals surface area (Å²) in [6.45, 7) is 9.75. The Bertz CT molecular complexity index is 486. The van der Waals surface area contributed by atoms with Crippen LogP contribution in [0.15, 0.2) is 12.1 Å². The lowest BCUT2D eigenvalue weighted by Gasteiger charge is -2.32. The standard InChI is InChI=1S/C14H19BClFO2/c1-9-6-7-11(17)10(12(9)16)8-15-18-13(2,3)14(4,5)19-15/h6-7H,8H2,1-5H3. The van der Waals surface area contributed by atoms with Gasteiger partial charge in [-0.15, -0.1) is 0 Å². The van der Waals surface area contributed by atoms with E-state index in [1.807, 2.05) is 34.6 Å². The number of rotatable bonds is 2. The van der Waals surface area contributed by atoms with Crippen LogP contribution in [0.3, 0.4) is 0 Å². The summed E-state index contributed by atoms with van der Waals surface area (Å²) in [6, 6.07) is 3.10. The molecule has 2 nitrogen and oxygen atoms in total. The Balaban J connectivity index is 2.23. The lowest BCUT2D eigenvalue weighted by Crippen LogP contribution is -2.41. The highest BCUT2D eigenvalue weighted by molar-refractivity contribution is 6.45. The van der Waals surface area contributed by atoms with Gasteiger partial charge in [-0.3, -0.25) is 0 Å². The molecule has 1 aromatic rings. The van der Waals surface area contributed by atoms with Crippen LogP contribution in [0.4, 0.5) is 4.39 Å². The summed E-state index contributed by atoms with van der Waals surface area (Å²) < 4.78 is 25.6. The third-order valence-corrected chi connectivity index (χ3v) is 4.58. The van der Waals surface area contributed by atoms with Crippen LogP contribution >= 0.6 is 11.6 Å². The van der Waals surface area contributed by atoms with Gasteiger partial charge >= 0.3 is 7.12 Å². The normalized spacial score (nSPS) is 20.9. The number of hydrogen-bond acceptors (Lipinski definition) is 2. The predicted molar refractivity (Wildman–Crippen MR) is 75.9 cm³/mol. The zero-order valence-electron chi connectivity index (χ0n) is 12.0. The minimum atomic E-state index is -0.473. The molecule has 19 heavy (non-hydrogen) atoms. The molecule has 104 valence electrons. The van der Waals surface area contributed by atoms with E-state index in [9.17, 15) is 4.39 Å². The zero-order valence-corrected chi connectivity index (χ0v) is 12.8. The molecule has 0 N–H and O–H groups in total. The summed E-state index contributed by atoms with van der Waals surface area (Å²) in [5, 5.41) is 0.453. The Morgan fingerprint density at radius 1 is 1.16 bits per heavy atom. The highest BCUT2D eigenvalue weighted by Crippen LogP contribution is 2.38. The molecule has 1 fully saturated rings. The molecule has 0 aromatic heterocycles. The van der Waals surface area contributed by atoms with Crippen LogP contribution in [0.5, 0.6) is 0 Å². The molecule has 0 radical (unpaired) electrons. The quantitative estimate of drug-likeness (QED) is 0.765. The molecule has 2 rings (SSSR count). The minimum absolute atomic E-state index is 0.315. The lowest BCUT2D eigenvalue weighted by molar-refractivity contribution is 0.00578. The van der Waals surface area contributed by atoms with Crippen LogP contribution in [0.25, 0.3) is 0 Å². The smallest absolute Gasteiger partial charge is 0.403 e. The summed E-state index contributed by atoms with van der Waals surface area (Å²) in [5.41, 5.74) is 0.490. The number of halogens is 2. The first-order chi connectivity index (χ1) is 8.64. The van der Waals surface area contributed by atoms with Crippen molar-refractivity contribution in [1.82, 2.24) is 0 Å². The van der Waals surface area contributed by atoms with Crippen LogP contribution < -0.4 is 0 Å². The molecule has 1 aliphatic heterocycles. The van der Waals surface area contributed by atoms with Crippen molar-refractivity contribution in [2.24, 2.45) is 0 Å². The molecular formula is C14H19BClFO2. The van der Waals surface area contributed by atoms with Gasteiger partial charge in [0.1, 0.15) is 5.82 Å². The van der Waals surface area contributed by atoms with E-state index in [1.54, 1.807) is 6.07 Å². The number of aryl methyl sites for hydroxylation is 1. The van der Waals surface area contributed by atoms with E-state index in [2.05, 4.69) is 0 Å². The largest absolute Gasteiger partial charge is 0.462 e. The lowest BCUT2D eigenvalue weighted by atomic mass is 9.80. The van der Waals surface area contributed by atoms with Gasteiger partial charge in [0.2, 0.25) is 0 Å². The van der Waals surface area contributed by atoms with Crippen molar-refractivity contribution < 1.29 is 13.7 Å². The van der Waals surface area contributed by atoms with Gasteiger partial charge in [-0.05, 0) is 46.2 Å². The van der Waals surface area contributed by atoms with Gasteiger partial charge in [0.05, 0.1) is 11.2 Å². The Morgan fingerprint density at radius 2 is 1.68 bits per heavy atom. The molecule has 0 aliphatic carbocycles. The van der Waals surface area contributed by atoms with Crippen molar-refractivity contribution >= 4 is 18.7 Å². The average Bonchev–Trinajstić information content (AvgIpc) is 2.48. The van der Waals surface area contributed by atoms with Crippen LogP contribution in [-0.2, 0) is 15.6 Å². The molecule has 0 saturated carbocycles. The van der Waals surface area contributed by atoms with Crippen LogP contribution in [0, 0.1) is 12.7 Å². The molecule has 0 atom stereocenters. The Kier molecular flexibility index (Phi) is 3.71. The van der Waals surface area contributed by atoms with Crippen molar-refractivity contribution in [3.63, 3.8) is 0 Å². The van der Waals surface area contributed by atoms with Crippen LogP contribution in [0.1, 0.15) is 38.8 Å². The fourth-order valence-corrected chi connectivity index (χ4v) is 2.35. The third-order valence-electron chi connectivity index (χ3n) is 4.05. The maximum atomic E-state index is 13.9. The van der Waals surface area contributed by atoms with Crippen molar-refractivity contribution in [2.75, 3.05) is 0 Å². The SMILES string of the molecule is Cc1ccc(F)c(CB2OC(C)(C)C(C)(C)O2)c1Cl. The molecule has 0 spiro atoms. The van der Waals surface area contributed by atoms with E-state index in [0.717, 1.165) is 5.56 Å². The van der Waals surface area contributed by atoms with E-state index in [1.165, 1.54) is 6.07 Å². The molecular weight excluding hydrogens is 265 g/mol. The Morgan fingerprint density at radius 3 is 2.21 bits per heavy atom. The fraction of sp³-hybridized carbons (Fsp3) is 0.571. The molecule has 1 aromatic carbocycles. The maximum Gasteiger partial charge on any atom is 0.462 e. The Hall–Kier alpha value is -0.575. The van der Waals surface area contributed by atoms with Gasteiger partial charge in [-0.1, -0.05) is 17.7 Å². The van der Waals surface area contributed by atoms with Gasteiger partial charge in [-0.25, -0.2) is 4.39 Å². The molecule has 1 aliphatic rings. The van der Waals surface area contributed by atoms with Crippen molar-refractivity contribution in [1.29, 1.82) is 0 Å². The number of benzene rings is 1. The summed E-state index contributed by atoms with van der Waals surface area (Å²) in [7, 11) is -0.473. The third kappa shape index (κ3) is 2.67. The van der Waals surface area contributed by atoms with Gasteiger partial charge in [0.15, 0.2) is 0 Å². The van der Waals surface area contributed by atoms with Crippen molar-refractivity contribution in [3.05, 3.63) is 34.1 Å². The summed E-state index contributed by atoms with van der Waals surface area (Å²) >= 11 is 6.17. The summed E-state index contributed by atoms with van der Waals surface area (Å²) in [6.07, 6.45) is 0.319. The van der Waals surface area contributed by atoms with E-state index in [4.69, 9.17) is 20.9 Å². The second-order valence-electron chi connectivity index (χ2n) is 6.05. The van der Waals surface area contributed by atoms with Gasteiger partial charge in [0, 0.05) is 16.9 Å². The minimum Gasteiger partial charge on any atom is -0.403 e. The molecule has 0 unspecified atom stereocenters. The zero-order chi connectivity index (χ0) is 14.4.